The molecule has 1 N–H and O–H groups in total. The number of morpholine rings is 1. The van der Waals surface area contributed by atoms with Crippen LogP contribution in [-0.4, -0.2) is 79.5 Å². The average molecular weight is 338 g/mol. The highest BCUT2D eigenvalue weighted by atomic mass is 19.1. The summed E-state index contributed by atoms with van der Waals surface area (Å²) in [6.07, 6.45) is 0.746. The lowest BCUT2D eigenvalue weighted by molar-refractivity contribution is 0.00423. The second kappa shape index (κ2) is 7.92. The van der Waals surface area contributed by atoms with E-state index >= 15 is 0 Å². The SMILES string of the molecule is O=C(c1cccc(F)c1O)N1CCC(OCCN2CCOCC2)C1. The molecule has 0 saturated carbocycles. The van der Waals surface area contributed by atoms with Gasteiger partial charge < -0.3 is 19.5 Å². The van der Waals surface area contributed by atoms with E-state index < -0.39 is 11.6 Å². The van der Waals surface area contributed by atoms with Gasteiger partial charge >= 0.3 is 0 Å². The molecule has 6 nitrogen and oxygen atoms in total. The molecule has 2 aliphatic heterocycles. The van der Waals surface area contributed by atoms with Crippen LogP contribution in [0.1, 0.15) is 16.8 Å². The molecule has 0 aliphatic carbocycles. The number of carbonyl (C=O) groups excluding carboxylic acids is 1. The number of carbonyl (C=O) groups is 1. The molecule has 0 spiro atoms. The van der Waals surface area contributed by atoms with Gasteiger partial charge in [-0.3, -0.25) is 9.69 Å². The maximum absolute atomic E-state index is 13.4. The van der Waals surface area contributed by atoms with E-state index in [0.717, 1.165) is 45.3 Å². The van der Waals surface area contributed by atoms with Gasteiger partial charge in [-0.05, 0) is 18.6 Å². The Kier molecular flexibility index (Phi) is 5.65. The molecular weight excluding hydrogens is 315 g/mol. The molecule has 0 aromatic heterocycles. The van der Waals surface area contributed by atoms with Crippen LogP contribution in [0.15, 0.2) is 18.2 Å². The number of hydrogen-bond donors (Lipinski definition) is 1. The molecular formula is C17H23FN2O4. The summed E-state index contributed by atoms with van der Waals surface area (Å²) in [6, 6.07) is 4.00. The average Bonchev–Trinajstić information content (AvgIpc) is 3.07. The zero-order valence-electron chi connectivity index (χ0n) is 13.6. The van der Waals surface area contributed by atoms with E-state index in [-0.39, 0.29) is 17.6 Å². The first-order valence-electron chi connectivity index (χ1n) is 8.33. The third kappa shape index (κ3) is 4.03. The number of phenols is 1. The summed E-state index contributed by atoms with van der Waals surface area (Å²) in [6.45, 7) is 5.89. The molecule has 1 atom stereocenters. The summed E-state index contributed by atoms with van der Waals surface area (Å²) in [4.78, 5) is 16.3. The zero-order chi connectivity index (χ0) is 16.9. The van der Waals surface area contributed by atoms with Gasteiger partial charge in [-0.1, -0.05) is 6.07 Å². The number of phenolic OH excluding ortho intramolecular Hbond substituents is 1. The van der Waals surface area contributed by atoms with Crippen LogP contribution in [0.5, 0.6) is 5.75 Å². The van der Waals surface area contributed by atoms with Crippen molar-refractivity contribution in [3.63, 3.8) is 0 Å². The number of para-hydroxylation sites is 1. The van der Waals surface area contributed by atoms with Crippen LogP contribution in [-0.2, 0) is 9.47 Å². The minimum absolute atomic E-state index is 0.00367. The van der Waals surface area contributed by atoms with Crippen molar-refractivity contribution in [2.24, 2.45) is 0 Å². The van der Waals surface area contributed by atoms with E-state index in [4.69, 9.17) is 9.47 Å². The minimum atomic E-state index is -0.779. The van der Waals surface area contributed by atoms with Crippen molar-refractivity contribution in [3.05, 3.63) is 29.6 Å². The Balaban J connectivity index is 1.46. The number of nitrogens with zero attached hydrogens (tertiary/aromatic N) is 2. The van der Waals surface area contributed by atoms with Gasteiger partial charge in [0, 0.05) is 32.7 Å². The third-order valence-electron chi connectivity index (χ3n) is 4.51. The summed E-state index contributed by atoms with van der Waals surface area (Å²) in [5, 5.41) is 9.71. The van der Waals surface area contributed by atoms with Crippen molar-refractivity contribution in [2.45, 2.75) is 12.5 Å². The van der Waals surface area contributed by atoms with E-state index in [1.54, 1.807) is 4.90 Å². The van der Waals surface area contributed by atoms with Gasteiger partial charge in [0.15, 0.2) is 11.6 Å². The lowest BCUT2D eigenvalue weighted by Crippen LogP contribution is -2.39. The number of amides is 1. The Hall–Kier alpha value is -1.70. The van der Waals surface area contributed by atoms with Gasteiger partial charge in [0.25, 0.3) is 5.91 Å². The second-order valence-electron chi connectivity index (χ2n) is 6.12. The summed E-state index contributed by atoms with van der Waals surface area (Å²) in [7, 11) is 0. The first-order chi connectivity index (χ1) is 11.6. The molecule has 1 amide bonds. The quantitative estimate of drug-likeness (QED) is 0.871. The number of likely N-dealkylation sites (tertiary alicyclic amines) is 1. The van der Waals surface area contributed by atoms with Gasteiger partial charge in [0.1, 0.15) is 0 Å². The van der Waals surface area contributed by atoms with Crippen molar-refractivity contribution in [3.8, 4) is 5.75 Å². The minimum Gasteiger partial charge on any atom is -0.504 e. The highest BCUT2D eigenvalue weighted by Gasteiger charge is 2.29. The lowest BCUT2D eigenvalue weighted by Gasteiger charge is -2.26. The molecule has 3 rings (SSSR count). The van der Waals surface area contributed by atoms with Crippen molar-refractivity contribution >= 4 is 5.91 Å². The van der Waals surface area contributed by atoms with Gasteiger partial charge in [-0.2, -0.15) is 0 Å². The molecule has 2 saturated heterocycles. The van der Waals surface area contributed by atoms with E-state index in [1.807, 2.05) is 0 Å². The maximum Gasteiger partial charge on any atom is 0.257 e. The molecule has 2 heterocycles. The van der Waals surface area contributed by atoms with E-state index in [2.05, 4.69) is 4.90 Å². The normalized spacial score (nSPS) is 22.0. The van der Waals surface area contributed by atoms with Crippen LogP contribution in [0, 0.1) is 5.82 Å². The van der Waals surface area contributed by atoms with E-state index in [9.17, 15) is 14.3 Å². The number of rotatable bonds is 5. The molecule has 0 bridgehead atoms. The van der Waals surface area contributed by atoms with Crippen LogP contribution in [0.3, 0.4) is 0 Å². The molecule has 1 unspecified atom stereocenters. The first kappa shape index (κ1) is 17.1. The van der Waals surface area contributed by atoms with Crippen molar-refractivity contribution in [1.82, 2.24) is 9.80 Å². The standard InChI is InChI=1S/C17H23FN2O4/c18-15-3-1-2-14(16(15)21)17(22)20-5-4-13(12-20)24-11-8-19-6-9-23-10-7-19/h1-3,13,21H,4-12H2. The summed E-state index contributed by atoms with van der Waals surface area (Å²) in [5.41, 5.74) is 0.00367. The molecule has 1 aromatic carbocycles. The highest BCUT2D eigenvalue weighted by Crippen LogP contribution is 2.24. The fraction of sp³-hybridized carbons (Fsp3) is 0.588. The van der Waals surface area contributed by atoms with Crippen LogP contribution in [0.25, 0.3) is 0 Å². The lowest BCUT2D eigenvalue weighted by atomic mass is 10.1. The van der Waals surface area contributed by atoms with Crippen molar-refractivity contribution < 1.29 is 23.8 Å². The molecule has 24 heavy (non-hydrogen) atoms. The van der Waals surface area contributed by atoms with Crippen LogP contribution in [0.2, 0.25) is 0 Å². The third-order valence-corrected chi connectivity index (χ3v) is 4.51. The predicted molar refractivity (Wildman–Crippen MR) is 85.6 cm³/mol. The topological polar surface area (TPSA) is 62.2 Å². The van der Waals surface area contributed by atoms with Gasteiger partial charge in [0.05, 0.1) is 31.5 Å². The summed E-state index contributed by atoms with van der Waals surface area (Å²) in [5.74, 6) is -1.72. The van der Waals surface area contributed by atoms with Crippen LogP contribution < -0.4 is 0 Å². The van der Waals surface area contributed by atoms with Crippen molar-refractivity contribution in [2.75, 3.05) is 52.5 Å². The van der Waals surface area contributed by atoms with Crippen LogP contribution in [0.4, 0.5) is 4.39 Å². The molecule has 132 valence electrons. The largest absolute Gasteiger partial charge is 0.504 e. The number of ether oxygens (including phenoxy) is 2. The smallest absolute Gasteiger partial charge is 0.257 e. The Morgan fingerprint density at radius 2 is 2.12 bits per heavy atom. The van der Waals surface area contributed by atoms with E-state index in [0.29, 0.717) is 19.7 Å². The summed E-state index contributed by atoms with van der Waals surface area (Å²) >= 11 is 0. The van der Waals surface area contributed by atoms with Crippen molar-refractivity contribution in [1.29, 1.82) is 0 Å². The van der Waals surface area contributed by atoms with Gasteiger partial charge in [-0.25, -0.2) is 4.39 Å². The molecule has 2 aliphatic rings. The monoisotopic (exact) mass is 338 g/mol. The van der Waals surface area contributed by atoms with Gasteiger partial charge in [-0.15, -0.1) is 0 Å². The maximum atomic E-state index is 13.4. The number of halogens is 1. The van der Waals surface area contributed by atoms with E-state index in [1.165, 1.54) is 12.1 Å². The zero-order valence-corrected chi connectivity index (χ0v) is 13.6. The van der Waals surface area contributed by atoms with Gasteiger partial charge in [0.2, 0.25) is 0 Å². The first-order valence-corrected chi connectivity index (χ1v) is 8.33. The Morgan fingerprint density at radius 3 is 2.92 bits per heavy atom. The molecule has 1 aromatic rings. The fourth-order valence-electron chi connectivity index (χ4n) is 3.08. The predicted octanol–water partition coefficient (Wildman–Crippen LogP) is 1.09. The molecule has 0 radical (unpaired) electrons. The number of hydrogen-bond acceptors (Lipinski definition) is 5. The highest BCUT2D eigenvalue weighted by molar-refractivity contribution is 5.97. The number of benzene rings is 1. The molecule has 2 fully saturated rings. The number of aromatic hydroxyl groups is 1. The summed E-state index contributed by atoms with van der Waals surface area (Å²) < 4.78 is 24.6. The fourth-order valence-corrected chi connectivity index (χ4v) is 3.08. The van der Waals surface area contributed by atoms with Crippen LogP contribution >= 0.6 is 0 Å². The Bertz CT molecular complexity index is 578. The Morgan fingerprint density at radius 1 is 1.33 bits per heavy atom. The molecule has 7 heteroatoms. The second-order valence-corrected chi connectivity index (χ2v) is 6.12. The Labute approximate surface area is 140 Å².